The molecule has 0 aliphatic carbocycles. The molecule has 4 nitrogen and oxygen atoms in total. The molecule has 0 aromatic heterocycles. The number of aromatic hydroxyl groups is 4. The molecule has 0 heterocycles. The highest BCUT2D eigenvalue weighted by atomic mass is 16.3. The molecular weight excluding hydrogens is 436 g/mol. The number of phenols is 4. The lowest BCUT2D eigenvalue weighted by Crippen LogP contribution is -2.06. The number of hydrogen-bond donors (Lipinski definition) is 4. The van der Waals surface area contributed by atoms with E-state index in [4.69, 9.17) is 0 Å². The lowest BCUT2D eigenvalue weighted by atomic mass is 9.79. The summed E-state index contributed by atoms with van der Waals surface area (Å²) in [6.07, 6.45) is 0. The van der Waals surface area contributed by atoms with E-state index in [1.807, 2.05) is 36.4 Å². The predicted octanol–water partition coefficient (Wildman–Crippen LogP) is 7.15. The van der Waals surface area contributed by atoms with Crippen LogP contribution < -0.4 is 0 Å². The van der Waals surface area contributed by atoms with Crippen molar-refractivity contribution in [1.29, 1.82) is 0 Å². The van der Waals surface area contributed by atoms with Crippen LogP contribution in [0.2, 0.25) is 0 Å². The quantitative estimate of drug-likeness (QED) is 0.212. The van der Waals surface area contributed by atoms with Crippen LogP contribution in [-0.2, 0) is 0 Å². The Morgan fingerprint density at radius 1 is 0.429 bits per heavy atom. The molecule has 4 N–H and O–H groups in total. The van der Waals surface area contributed by atoms with Crippen molar-refractivity contribution >= 4 is 32.3 Å². The lowest BCUT2D eigenvalue weighted by Gasteiger charge is -2.25. The van der Waals surface area contributed by atoms with Crippen molar-refractivity contribution < 1.29 is 20.4 Å². The maximum Gasteiger partial charge on any atom is 0.120 e. The minimum absolute atomic E-state index is 0.0535. The molecule has 0 saturated heterocycles. The highest BCUT2D eigenvalue weighted by molar-refractivity contribution is 5.95. The molecule has 0 radical (unpaired) electrons. The van der Waals surface area contributed by atoms with Gasteiger partial charge in [0.1, 0.15) is 23.0 Å². The minimum atomic E-state index is -0.587. The third kappa shape index (κ3) is 3.47. The van der Waals surface area contributed by atoms with Crippen LogP contribution in [-0.4, -0.2) is 20.4 Å². The zero-order valence-corrected chi connectivity index (χ0v) is 18.7. The van der Waals surface area contributed by atoms with Gasteiger partial charge in [0, 0.05) is 17.0 Å². The van der Waals surface area contributed by atoms with Crippen LogP contribution in [0.25, 0.3) is 32.3 Å². The molecule has 170 valence electrons. The Bertz CT molecular complexity index is 1650. The van der Waals surface area contributed by atoms with Crippen molar-refractivity contribution in [1.82, 2.24) is 0 Å². The van der Waals surface area contributed by atoms with Gasteiger partial charge in [-0.05, 0) is 74.3 Å². The fourth-order valence-electron chi connectivity index (χ4n) is 5.11. The van der Waals surface area contributed by atoms with E-state index in [0.717, 1.165) is 27.1 Å². The second-order valence-corrected chi connectivity index (χ2v) is 8.85. The fraction of sp³-hybridized carbons (Fsp3) is 0.0323. The van der Waals surface area contributed by atoms with E-state index in [-0.39, 0.29) is 23.0 Å². The second kappa shape index (κ2) is 7.96. The normalized spacial score (nSPS) is 11.6. The van der Waals surface area contributed by atoms with Gasteiger partial charge in [-0.3, -0.25) is 0 Å². The Hall–Kier alpha value is -4.70. The topological polar surface area (TPSA) is 80.9 Å². The van der Waals surface area contributed by atoms with E-state index in [1.54, 1.807) is 60.7 Å². The number of fused-ring (bicyclic) bond motifs is 3. The van der Waals surface area contributed by atoms with Gasteiger partial charge in [0.05, 0.1) is 0 Å². The van der Waals surface area contributed by atoms with Crippen LogP contribution >= 0.6 is 0 Å². The first-order valence-electron chi connectivity index (χ1n) is 11.4. The van der Waals surface area contributed by atoms with E-state index in [0.29, 0.717) is 21.9 Å². The average molecular weight is 459 g/mol. The van der Waals surface area contributed by atoms with Gasteiger partial charge in [-0.2, -0.15) is 0 Å². The van der Waals surface area contributed by atoms with E-state index in [1.165, 1.54) is 0 Å². The zero-order valence-electron chi connectivity index (χ0n) is 18.7. The molecule has 0 atom stereocenters. The van der Waals surface area contributed by atoms with Gasteiger partial charge in [-0.25, -0.2) is 0 Å². The summed E-state index contributed by atoms with van der Waals surface area (Å²) >= 11 is 0. The molecule has 0 aliphatic heterocycles. The molecule has 0 spiro atoms. The standard InChI is InChI=1S/C31H22O4/c32-23-11-7-19-9-13-27(34)30(25(19)16-23)29(22-6-5-18-3-1-2-4-21(18)15-22)31-26-17-24(33)12-8-20(26)10-14-28(31)35/h1-17,29,32-35H. The van der Waals surface area contributed by atoms with E-state index in [9.17, 15) is 20.4 Å². The second-order valence-electron chi connectivity index (χ2n) is 8.85. The van der Waals surface area contributed by atoms with Gasteiger partial charge in [0.2, 0.25) is 0 Å². The number of phenolic OH excluding ortho intramolecular Hbond substituents is 4. The summed E-state index contributed by atoms with van der Waals surface area (Å²) in [4.78, 5) is 0. The minimum Gasteiger partial charge on any atom is -0.508 e. The van der Waals surface area contributed by atoms with Crippen LogP contribution in [0, 0.1) is 0 Å². The third-order valence-electron chi connectivity index (χ3n) is 6.73. The van der Waals surface area contributed by atoms with Gasteiger partial charge in [0.15, 0.2) is 0 Å². The number of rotatable bonds is 3. The molecule has 6 rings (SSSR count). The Balaban J connectivity index is 1.77. The van der Waals surface area contributed by atoms with E-state index >= 15 is 0 Å². The molecule has 6 aromatic carbocycles. The fourth-order valence-corrected chi connectivity index (χ4v) is 5.11. The first-order valence-corrected chi connectivity index (χ1v) is 11.4. The Kier molecular flexibility index (Phi) is 4.75. The number of benzene rings is 6. The van der Waals surface area contributed by atoms with Crippen LogP contribution in [0.15, 0.2) is 103 Å². The van der Waals surface area contributed by atoms with Crippen LogP contribution in [0.5, 0.6) is 23.0 Å². The molecule has 0 aliphatic rings. The molecule has 0 bridgehead atoms. The van der Waals surface area contributed by atoms with Gasteiger partial charge in [-0.15, -0.1) is 0 Å². The summed E-state index contributed by atoms with van der Waals surface area (Å²) in [6, 6.07) is 31.1. The molecular formula is C31H22O4. The smallest absolute Gasteiger partial charge is 0.120 e. The monoisotopic (exact) mass is 458 g/mol. The van der Waals surface area contributed by atoms with Gasteiger partial charge >= 0.3 is 0 Å². The maximum atomic E-state index is 11.2. The van der Waals surface area contributed by atoms with Crippen molar-refractivity contribution in [3.8, 4) is 23.0 Å². The number of hydrogen-bond acceptors (Lipinski definition) is 4. The van der Waals surface area contributed by atoms with E-state index < -0.39 is 5.92 Å². The summed E-state index contributed by atoms with van der Waals surface area (Å²) in [7, 11) is 0. The largest absolute Gasteiger partial charge is 0.508 e. The van der Waals surface area contributed by atoms with Crippen molar-refractivity contribution in [2.24, 2.45) is 0 Å². The summed E-state index contributed by atoms with van der Waals surface area (Å²) in [5.74, 6) is -0.311. The Labute approximate surface area is 201 Å². The van der Waals surface area contributed by atoms with Crippen LogP contribution in [0.3, 0.4) is 0 Å². The third-order valence-corrected chi connectivity index (χ3v) is 6.73. The average Bonchev–Trinajstić information content (AvgIpc) is 2.86. The summed E-state index contributed by atoms with van der Waals surface area (Å²) < 4.78 is 0. The first-order chi connectivity index (χ1) is 17.0. The van der Waals surface area contributed by atoms with Crippen molar-refractivity contribution in [3.05, 3.63) is 120 Å². The van der Waals surface area contributed by atoms with Crippen molar-refractivity contribution in [2.75, 3.05) is 0 Å². The molecule has 0 unspecified atom stereocenters. The Morgan fingerprint density at radius 2 is 0.914 bits per heavy atom. The van der Waals surface area contributed by atoms with Crippen molar-refractivity contribution in [2.45, 2.75) is 5.92 Å². The van der Waals surface area contributed by atoms with Crippen LogP contribution in [0.4, 0.5) is 0 Å². The molecule has 0 fully saturated rings. The summed E-state index contributed by atoms with van der Waals surface area (Å²) in [5.41, 5.74) is 2.00. The SMILES string of the molecule is Oc1ccc2ccc(O)c(C(c3ccc4ccccc4c3)c3c(O)ccc4ccc(O)cc34)c2c1. The molecule has 35 heavy (non-hydrogen) atoms. The van der Waals surface area contributed by atoms with Gasteiger partial charge in [-0.1, -0.05) is 66.7 Å². The summed E-state index contributed by atoms with van der Waals surface area (Å²) in [5, 5.41) is 48.2. The maximum absolute atomic E-state index is 11.2. The summed E-state index contributed by atoms with van der Waals surface area (Å²) in [6.45, 7) is 0. The molecule has 0 saturated carbocycles. The predicted molar refractivity (Wildman–Crippen MR) is 139 cm³/mol. The molecule has 6 aromatic rings. The van der Waals surface area contributed by atoms with E-state index in [2.05, 4.69) is 6.07 Å². The van der Waals surface area contributed by atoms with Gasteiger partial charge < -0.3 is 20.4 Å². The van der Waals surface area contributed by atoms with Crippen LogP contribution in [0.1, 0.15) is 22.6 Å². The molecule has 0 amide bonds. The highest BCUT2D eigenvalue weighted by Gasteiger charge is 2.27. The lowest BCUT2D eigenvalue weighted by molar-refractivity contribution is 0.460. The van der Waals surface area contributed by atoms with Crippen molar-refractivity contribution in [3.63, 3.8) is 0 Å². The highest BCUT2D eigenvalue weighted by Crippen LogP contribution is 2.47. The zero-order chi connectivity index (χ0) is 24.1. The van der Waals surface area contributed by atoms with Gasteiger partial charge in [0.25, 0.3) is 0 Å². The Morgan fingerprint density at radius 3 is 1.49 bits per heavy atom. The first kappa shape index (κ1) is 20.9. The molecule has 4 heteroatoms.